The maximum atomic E-state index is 8.73. The van der Waals surface area contributed by atoms with Gasteiger partial charge < -0.3 is 9.64 Å². The Balaban J connectivity index is 1.81. The molecule has 2 rings (SSSR count). The molecule has 0 aromatic carbocycles. The Hall–Kier alpha value is -0.590. The van der Waals surface area contributed by atoms with Gasteiger partial charge in [-0.15, -0.1) is 0 Å². The van der Waals surface area contributed by atoms with Crippen LogP contribution in [0.2, 0.25) is 0 Å². The van der Waals surface area contributed by atoms with Crippen molar-refractivity contribution in [1.82, 2.24) is 4.90 Å². The molecule has 0 radical (unpaired) electrons. The zero-order valence-electron chi connectivity index (χ0n) is 8.67. The van der Waals surface area contributed by atoms with E-state index in [4.69, 9.17) is 10.00 Å². The van der Waals surface area contributed by atoms with Gasteiger partial charge in [-0.3, -0.25) is 0 Å². The number of nitrogens with zero attached hydrogens (tertiary/aromatic N) is 2. The Morgan fingerprint density at radius 1 is 1.29 bits per heavy atom. The van der Waals surface area contributed by atoms with Crippen LogP contribution in [0.25, 0.3) is 0 Å². The molecule has 78 valence electrons. The molecular weight excluding hydrogens is 176 g/mol. The molecule has 0 aromatic rings. The quantitative estimate of drug-likeness (QED) is 0.681. The highest BCUT2D eigenvalue weighted by Gasteiger charge is 2.43. The molecule has 1 aliphatic carbocycles. The Morgan fingerprint density at radius 3 is 2.86 bits per heavy atom. The second-order valence-electron chi connectivity index (χ2n) is 4.58. The van der Waals surface area contributed by atoms with E-state index in [1.807, 2.05) is 0 Å². The molecule has 1 aliphatic heterocycles. The summed E-state index contributed by atoms with van der Waals surface area (Å²) < 4.78 is 5.41. The van der Waals surface area contributed by atoms with Gasteiger partial charge in [0.2, 0.25) is 0 Å². The van der Waals surface area contributed by atoms with Crippen molar-refractivity contribution in [3.63, 3.8) is 0 Å². The van der Waals surface area contributed by atoms with Gasteiger partial charge in [0.15, 0.2) is 0 Å². The Bertz CT molecular complexity index is 222. The van der Waals surface area contributed by atoms with Gasteiger partial charge in [-0.25, -0.2) is 0 Å². The SMILES string of the molecule is N#CCC1(CN2CCCOCC2)CC1. The summed E-state index contributed by atoms with van der Waals surface area (Å²) in [4.78, 5) is 2.47. The van der Waals surface area contributed by atoms with E-state index >= 15 is 0 Å². The molecule has 2 fully saturated rings. The van der Waals surface area contributed by atoms with Crippen LogP contribution in [-0.4, -0.2) is 37.7 Å². The van der Waals surface area contributed by atoms with E-state index in [2.05, 4.69) is 11.0 Å². The van der Waals surface area contributed by atoms with Crippen LogP contribution in [0.15, 0.2) is 0 Å². The van der Waals surface area contributed by atoms with Gasteiger partial charge in [0.05, 0.1) is 12.7 Å². The van der Waals surface area contributed by atoms with Gasteiger partial charge in [-0.2, -0.15) is 5.26 Å². The summed E-state index contributed by atoms with van der Waals surface area (Å²) in [5.41, 5.74) is 0.360. The number of hydrogen-bond acceptors (Lipinski definition) is 3. The first-order valence-electron chi connectivity index (χ1n) is 5.52. The summed E-state index contributed by atoms with van der Waals surface area (Å²) in [7, 11) is 0. The van der Waals surface area contributed by atoms with Gasteiger partial charge >= 0.3 is 0 Å². The predicted octanol–water partition coefficient (Wildman–Crippen LogP) is 1.40. The molecule has 1 saturated heterocycles. The summed E-state index contributed by atoms with van der Waals surface area (Å²) >= 11 is 0. The molecule has 0 N–H and O–H groups in total. The molecular formula is C11H18N2O. The van der Waals surface area contributed by atoms with Crippen LogP contribution < -0.4 is 0 Å². The molecule has 0 amide bonds. The molecule has 0 unspecified atom stereocenters. The average molecular weight is 194 g/mol. The van der Waals surface area contributed by atoms with E-state index in [1.165, 1.54) is 12.8 Å². The van der Waals surface area contributed by atoms with Crippen LogP contribution in [0.4, 0.5) is 0 Å². The predicted molar refractivity (Wildman–Crippen MR) is 53.8 cm³/mol. The van der Waals surface area contributed by atoms with Crippen molar-refractivity contribution in [1.29, 1.82) is 5.26 Å². The van der Waals surface area contributed by atoms with E-state index < -0.39 is 0 Å². The summed E-state index contributed by atoms with van der Waals surface area (Å²) in [6.45, 7) is 5.08. The third-order valence-electron chi connectivity index (χ3n) is 3.29. The van der Waals surface area contributed by atoms with E-state index in [1.54, 1.807) is 0 Å². The Morgan fingerprint density at radius 2 is 2.14 bits per heavy atom. The second kappa shape index (κ2) is 4.29. The maximum absolute atomic E-state index is 8.73. The first-order valence-corrected chi connectivity index (χ1v) is 5.52. The molecule has 1 heterocycles. The molecule has 0 aromatic heterocycles. The fourth-order valence-corrected chi connectivity index (χ4v) is 2.17. The second-order valence-corrected chi connectivity index (χ2v) is 4.58. The van der Waals surface area contributed by atoms with Crippen molar-refractivity contribution in [2.75, 3.05) is 32.8 Å². The van der Waals surface area contributed by atoms with Gasteiger partial charge in [0.25, 0.3) is 0 Å². The Labute approximate surface area is 85.6 Å². The molecule has 14 heavy (non-hydrogen) atoms. The molecule has 2 aliphatic rings. The number of nitriles is 1. The maximum Gasteiger partial charge on any atom is 0.0628 e. The van der Waals surface area contributed by atoms with E-state index in [9.17, 15) is 0 Å². The first kappa shape index (κ1) is 9.95. The monoisotopic (exact) mass is 194 g/mol. The average Bonchev–Trinajstić information content (AvgIpc) is 2.93. The lowest BCUT2D eigenvalue weighted by Gasteiger charge is -2.23. The van der Waals surface area contributed by atoms with Crippen LogP contribution in [0.3, 0.4) is 0 Å². The van der Waals surface area contributed by atoms with E-state index in [0.717, 1.165) is 45.7 Å². The van der Waals surface area contributed by atoms with Crippen molar-refractivity contribution in [2.24, 2.45) is 5.41 Å². The van der Waals surface area contributed by atoms with Crippen LogP contribution >= 0.6 is 0 Å². The Kier molecular flexibility index (Phi) is 3.05. The van der Waals surface area contributed by atoms with Gasteiger partial charge in [-0.05, 0) is 24.7 Å². The molecule has 1 saturated carbocycles. The van der Waals surface area contributed by atoms with Crippen LogP contribution in [0.1, 0.15) is 25.7 Å². The minimum Gasteiger partial charge on any atom is -0.380 e. The van der Waals surface area contributed by atoms with Gasteiger partial charge in [0, 0.05) is 32.7 Å². The van der Waals surface area contributed by atoms with Crippen LogP contribution in [0.5, 0.6) is 0 Å². The largest absolute Gasteiger partial charge is 0.380 e. The summed E-state index contributed by atoms with van der Waals surface area (Å²) in [5, 5.41) is 8.73. The standard InChI is InChI=1S/C11H18N2O/c12-5-4-11(2-3-11)10-13-6-1-8-14-9-7-13/h1-4,6-10H2. The highest BCUT2D eigenvalue weighted by Crippen LogP contribution is 2.49. The number of rotatable bonds is 3. The van der Waals surface area contributed by atoms with Crippen LogP contribution in [-0.2, 0) is 4.74 Å². The number of ether oxygens (including phenoxy) is 1. The van der Waals surface area contributed by atoms with Crippen LogP contribution in [0, 0.1) is 16.7 Å². The lowest BCUT2D eigenvalue weighted by atomic mass is 10.0. The third kappa shape index (κ3) is 2.46. The normalized spacial score (nSPS) is 26.5. The molecule has 3 nitrogen and oxygen atoms in total. The highest BCUT2D eigenvalue weighted by molar-refractivity contribution is 5.01. The zero-order chi connectivity index (χ0) is 9.86. The third-order valence-corrected chi connectivity index (χ3v) is 3.29. The first-order chi connectivity index (χ1) is 6.85. The number of hydrogen-bond donors (Lipinski definition) is 0. The van der Waals surface area contributed by atoms with Gasteiger partial charge in [0.1, 0.15) is 0 Å². The lowest BCUT2D eigenvalue weighted by Crippen LogP contribution is -2.32. The van der Waals surface area contributed by atoms with Crippen molar-refractivity contribution >= 4 is 0 Å². The van der Waals surface area contributed by atoms with Crippen molar-refractivity contribution in [2.45, 2.75) is 25.7 Å². The summed E-state index contributed by atoms with van der Waals surface area (Å²) in [5.74, 6) is 0. The van der Waals surface area contributed by atoms with Gasteiger partial charge in [-0.1, -0.05) is 0 Å². The fourth-order valence-electron chi connectivity index (χ4n) is 2.17. The smallest absolute Gasteiger partial charge is 0.0628 e. The minimum atomic E-state index is 0.360. The van der Waals surface area contributed by atoms with E-state index in [0.29, 0.717) is 5.41 Å². The van der Waals surface area contributed by atoms with Crippen molar-refractivity contribution in [3.05, 3.63) is 0 Å². The summed E-state index contributed by atoms with van der Waals surface area (Å²) in [6, 6.07) is 2.32. The minimum absolute atomic E-state index is 0.360. The molecule has 0 spiro atoms. The molecule has 3 heteroatoms. The topological polar surface area (TPSA) is 36.3 Å². The van der Waals surface area contributed by atoms with Crippen molar-refractivity contribution in [3.8, 4) is 6.07 Å². The zero-order valence-corrected chi connectivity index (χ0v) is 8.67. The lowest BCUT2D eigenvalue weighted by molar-refractivity contribution is 0.137. The summed E-state index contributed by atoms with van der Waals surface area (Å²) in [6.07, 6.45) is 4.38. The highest BCUT2D eigenvalue weighted by atomic mass is 16.5. The molecule has 0 bridgehead atoms. The fraction of sp³-hybridized carbons (Fsp3) is 0.909. The molecule has 0 atom stereocenters. The van der Waals surface area contributed by atoms with E-state index in [-0.39, 0.29) is 0 Å². The van der Waals surface area contributed by atoms with Crippen molar-refractivity contribution < 1.29 is 4.74 Å².